The van der Waals surface area contributed by atoms with E-state index in [1.807, 2.05) is 4.90 Å². The van der Waals surface area contributed by atoms with Gasteiger partial charge in [0, 0.05) is 29.6 Å². The number of rotatable bonds is 9. The average Bonchev–Trinajstić information content (AvgIpc) is 2.78. The molecule has 35 heavy (non-hydrogen) atoms. The van der Waals surface area contributed by atoms with Crippen LogP contribution in [-0.4, -0.2) is 54.7 Å². The molecule has 186 valence electrons. The van der Waals surface area contributed by atoms with E-state index in [0.29, 0.717) is 30.3 Å². The molecule has 1 amide bonds. The Morgan fingerprint density at radius 2 is 1.97 bits per heavy atom. The van der Waals surface area contributed by atoms with Gasteiger partial charge in [0.05, 0.1) is 23.9 Å². The quantitative estimate of drug-likeness (QED) is 0.521. The van der Waals surface area contributed by atoms with E-state index < -0.39 is 11.9 Å². The number of nitrogens with one attached hydrogen (secondary N) is 1. The average molecular weight is 523 g/mol. The second kappa shape index (κ2) is 9.15. The Morgan fingerprint density at radius 3 is 2.69 bits per heavy atom. The molecule has 0 aromatic heterocycles. The Kier molecular flexibility index (Phi) is 6.32. The Labute approximate surface area is 212 Å². The number of hydrogen-bond donors (Lipinski definition) is 2. The van der Waals surface area contributed by atoms with Crippen molar-refractivity contribution in [2.45, 2.75) is 37.3 Å². The monoisotopic (exact) mass is 522 g/mol. The zero-order valence-corrected chi connectivity index (χ0v) is 20.4. The molecule has 2 aromatic rings. The molecule has 0 saturated heterocycles. The highest BCUT2D eigenvalue weighted by atomic mass is 35.5. The number of amides is 1. The number of carbonyl (C=O) groups is 2. The Bertz CT molecular complexity index is 1160. The Balaban J connectivity index is 1.11. The van der Waals surface area contributed by atoms with Gasteiger partial charge in [0.2, 0.25) is 0 Å². The number of fused-ring (bicyclic) bond motifs is 1. The van der Waals surface area contributed by atoms with Gasteiger partial charge in [0.25, 0.3) is 5.91 Å². The lowest BCUT2D eigenvalue weighted by Crippen LogP contribution is -2.75. The zero-order chi connectivity index (χ0) is 24.8. The number of aliphatic hydroxyl groups is 1. The summed E-state index contributed by atoms with van der Waals surface area (Å²) in [5.74, 6) is -0.0706. The van der Waals surface area contributed by atoms with Crippen molar-refractivity contribution in [2.24, 2.45) is 5.41 Å². The molecular weight excluding hydrogens is 498 g/mol. The van der Waals surface area contributed by atoms with Gasteiger partial charge in [-0.05, 0) is 55.0 Å². The van der Waals surface area contributed by atoms with E-state index in [4.69, 9.17) is 32.7 Å². The lowest BCUT2D eigenvalue weighted by atomic mass is 9.38. The van der Waals surface area contributed by atoms with Crippen molar-refractivity contribution in [3.8, 4) is 11.5 Å². The lowest BCUT2D eigenvalue weighted by molar-refractivity contribution is -0.175. The first-order chi connectivity index (χ1) is 16.7. The van der Waals surface area contributed by atoms with Crippen molar-refractivity contribution in [1.29, 1.82) is 0 Å². The molecular formula is C25H25Cl2FN2O5. The van der Waals surface area contributed by atoms with Crippen LogP contribution >= 0.6 is 23.2 Å². The van der Waals surface area contributed by atoms with E-state index in [1.54, 1.807) is 18.2 Å². The van der Waals surface area contributed by atoms with Gasteiger partial charge in [-0.15, -0.1) is 0 Å². The summed E-state index contributed by atoms with van der Waals surface area (Å²) >= 11 is 11.8. The van der Waals surface area contributed by atoms with E-state index in [0.717, 1.165) is 31.0 Å². The van der Waals surface area contributed by atoms with Crippen LogP contribution in [0.2, 0.25) is 10.0 Å². The van der Waals surface area contributed by atoms with Crippen LogP contribution in [0.25, 0.3) is 0 Å². The summed E-state index contributed by atoms with van der Waals surface area (Å²) in [6.07, 6.45) is 1.94. The molecule has 3 fully saturated rings. The van der Waals surface area contributed by atoms with Crippen LogP contribution in [0.3, 0.4) is 0 Å². The van der Waals surface area contributed by atoms with Crippen molar-refractivity contribution in [1.82, 2.24) is 5.32 Å². The molecule has 2 N–H and O–H groups in total. The van der Waals surface area contributed by atoms with Crippen LogP contribution in [-0.2, 0) is 9.59 Å². The van der Waals surface area contributed by atoms with Crippen molar-refractivity contribution < 1.29 is 28.6 Å². The number of carbonyl (C=O) groups excluding carboxylic acids is 2. The van der Waals surface area contributed by atoms with Crippen molar-refractivity contribution >= 4 is 40.6 Å². The van der Waals surface area contributed by atoms with Gasteiger partial charge in [-0.25, -0.2) is 4.39 Å². The number of aliphatic hydroxyl groups excluding tert-OH is 1. The van der Waals surface area contributed by atoms with E-state index in [1.165, 1.54) is 12.1 Å². The number of ether oxygens (including phenoxy) is 2. The highest BCUT2D eigenvalue weighted by Gasteiger charge is 2.68. The van der Waals surface area contributed by atoms with Crippen LogP contribution in [0.15, 0.2) is 36.4 Å². The van der Waals surface area contributed by atoms with Crippen molar-refractivity contribution in [3.63, 3.8) is 0 Å². The van der Waals surface area contributed by atoms with Gasteiger partial charge in [0.15, 0.2) is 18.5 Å². The maximum absolute atomic E-state index is 13.5. The topological polar surface area (TPSA) is 88.1 Å². The van der Waals surface area contributed by atoms with Gasteiger partial charge in [-0.2, -0.15) is 0 Å². The molecule has 1 atom stereocenters. The SMILES string of the molecule is O=C(COc1ccc(Cl)c(F)c1)NC12CC(CC(=O)C3CN(CCO)c4cc(Cl)ccc4O3)(C1)C2. The van der Waals surface area contributed by atoms with E-state index in [9.17, 15) is 19.1 Å². The van der Waals surface area contributed by atoms with Gasteiger partial charge in [-0.1, -0.05) is 23.2 Å². The number of nitrogens with zero attached hydrogens (tertiary/aromatic N) is 1. The molecule has 4 aliphatic rings. The second-order valence-corrected chi connectivity index (χ2v) is 10.6. The first-order valence-corrected chi connectivity index (χ1v) is 12.2. The van der Waals surface area contributed by atoms with E-state index in [-0.39, 0.29) is 46.6 Å². The fourth-order valence-corrected chi connectivity index (χ4v) is 5.96. The van der Waals surface area contributed by atoms with Crippen LogP contribution in [0.5, 0.6) is 11.5 Å². The summed E-state index contributed by atoms with van der Waals surface area (Å²) in [5.41, 5.74) is 0.355. The molecule has 7 nitrogen and oxygen atoms in total. The van der Waals surface area contributed by atoms with Crippen LogP contribution in [0, 0.1) is 11.2 Å². The largest absolute Gasteiger partial charge is 0.484 e. The number of ketones is 1. The standard InChI is InChI=1S/C25H25Cl2FN2O5/c26-15-1-4-21-19(7-15)30(5-6-31)10-22(35-21)20(32)9-24-12-25(13-24,14-24)29-23(33)11-34-16-2-3-17(27)18(28)8-16/h1-4,7-8,22,31H,5-6,9-14H2,(H,29,33). The van der Waals surface area contributed by atoms with Crippen LogP contribution in [0.4, 0.5) is 10.1 Å². The summed E-state index contributed by atoms with van der Waals surface area (Å²) in [5, 5.41) is 13.0. The first kappa shape index (κ1) is 24.2. The smallest absolute Gasteiger partial charge is 0.258 e. The lowest BCUT2D eigenvalue weighted by Gasteiger charge is -2.70. The molecule has 10 heteroatoms. The molecule has 3 saturated carbocycles. The molecule has 3 aliphatic carbocycles. The predicted octanol–water partition coefficient (Wildman–Crippen LogP) is 3.77. The van der Waals surface area contributed by atoms with Crippen molar-refractivity contribution in [3.05, 3.63) is 52.3 Å². The van der Waals surface area contributed by atoms with Gasteiger partial charge in [-0.3, -0.25) is 9.59 Å². The zero-order valence-electron chi connectivity index (χ0n) is 18.9. The minimum absolute atomic E-state index is 0.0103. The third kappa shape index (κ3) is 4.79. The summed E-state index contributed by atoms with van der Waals surface area (Å²) < 4.78 is 24.8. The number of Topliss-reactive ketones (excluding diaryl/α,β-unsaturated/α-hetero) is 1. The summed E-state index contributed by atoms with van der Waals surface area (Å²) in [4.78, 5) is 27.4. The maximum Gasteiger partial charge on any atom is 0.258 e. The van der Waals surface area contributed by atoms with Gasteiger partial charge >= 0.3 is 0 Å². The number of halogens is 3. The normalized spacial score (nSPS) is 26.1. The highest BCUT2D eigenvalue weighted by molar-refractivity contribution is 6.31. The first-order valence-electron chi connectivity index (χ1n) is 11.4. The number of benzene rings is 2. The van der Waals surface area contributed by atoms with Gasteiger partial charge < -0.3 is 24.8 Å². The number of hydrogen-bond acceptors (Lipinski definition) is 6. The second-order valence-electron chi connectivity index (χ2n) is 9.75. The summed E-state index contributed by atoms with van der Waals surface area (Å²) in [7, 11) is 0. The van der Waals surface area contributed by atoms with Crippen LogP contribution in [0.1, 0.15) is 25.7 Å². The Morgan fingerprint density at radius 1 is 1.20 bits per heavy atom. The van der Waals surface area contributed by atoms with Crippen LogP contribution < -0.4 is 19.7 Å². The molecule has 6 rings (SSSR count). The Hall–Kier alpha value is -2.55. The molecule has 2 aromatic carbocycles. The van der Waals surface area contributed by atoms with E-state index in [2.05, 4.69) is 5.32 Å². The third-order valence-corrected chi connectivity index (χ3v) is 7.54. The third-order valence-electron chi connectivity index (χ3n) is 7.00. The fraction of sp³-hybridized carbons (Fsp3) is 0.440. The minimum Gasteiger partial charge on any atom is -0.484 e. The summed E-state index contributed by atoms with van der Waals surface area (Å²) in [6.45, 7) is 0.462. The predicted molar refractivity (Wildman–Crippen MR) is 129 cm³/mol. The maximum atomic E-state index is 13.5. The number of β-amino-alcohol motifs (C(OH)–C–C–N with tert-alkyl or cyclic N) is 1. The van der Waals surface area contributed by atoms with Gasteiger partial charge in [0.1, 0.15) is 17.3 Å². The highest BCUT2D eigenvalue weighted by Crippen LogP contribution is 2.69. The molecule has 1 unspecified atom stereocenters. The fourth-order valence-electron chi connectivity index (χ4n) is 5.68. The molecule has 2 bridgehead atoms. The van der Waals surface area contributed by atoms with E-state index >= 15 is 0 Å². The molecule has 1 heterocycles. The molecule has 1 aliphatic heterocycles. The molecule has 0 radical (unpaired) electrons. The number of anilines is 1. The molecule has 0 spiro atoms. The summed E-state index contributed by atoms with van der Waals surface area (Å²) in [6, 6.07) is 9.24. The van der Waals surface area contributed by atoms with Crippen molar-refractivity contribution in [2.75, 3.05) is 31.2 Å². The minimum atomic E-state index is -0.622.